The van der Waals surface area contributed by atoms with Gasteiger partial charge in [0.2, 0.25) is 0 Å². The molecule has 0 radical (unpaired) electrons. The molecule has 0 heterocycles. The Kier molecular flexibility index (Phi) is 19.8. The molecule has 0 atom stereocenters. The van der Waals surface area contributed by atoms with Crippen molar-refractivity contribution in [2.24, 2.45) is 5.11 Å². The third-order valence-electron chi connectivity index (χ3n) is 4.71. The van der Waals surface area contributed by atoms with E-state index in [4.69, 9.17) is 10.6 Å². The van der Waals surface area contributed by atoms with Crippen LogP contribution in [0.25, 0.3) is 10.4 Å². The molecule has 0 aliphatic rings. The van der Waals surface area contributed by atoms with Crippen LogP contribution in [-0.2, 0) is 4.79 Å². The number of nitrogens with zero attached hydrogens (tertiary/aromatic N) is 3. The Morgan fingerprint density at radius 1 is 0.640 bits per heavy atom. The zero-order valence-corrected chi connectivity index (χ0v) is 16.1. The van der Waals surface area contributed by atoms with E-state index in [1.165, 1.54) is 89.9 Å². The standard InChI is InChI=1S/C20H39N3O2/c21-23-22-19-17-15-13-11-9-7-5-3-1-2-4-6-8-10-12-14-16-18-20(24)25/h1-19H2,(H,24,25). The third-order valence-corrected chi connectivity index (χ3v) is 4.71. The minimum absolute atomic E-state index is 0.331. The number of unbranched alkanes of at least 4 members (excludes halogenated alkanes) is 16. The highest BCUT2D eigenvalue weighted by Crippen LogP contribution is 2.14. The quantitative estimate of drug-likeness (QED) is 0.107. The Bertz CT molecular complexity index is 324. The summed E-state index contributed by atoms with van der Waals surface area (Å²) in [5.74, 6) is -0.665. The van der Waals surface area contributed by atoms with E-state index < -0.39 is 5.97 Å². The molecule has 0 rings (SSSR count). The van der Waals surface area contributed by atoms with Gasteiger partial charge < -0.3 is 5.11 Å². The number of rotatable bonds is 20. The molecule has 0 aliphatic carbocycles. The van der Waals surface area contributed by atoms with Crippen LogP contribution in [-0.4, -0.2) is 17.6 Å². The highest BCUT2D eigenvalue weighted by molar-refractivity contribution is 5.66. The number of carbonyl (C=O) groups is 1. The second-order valence-corrected chi connectivity index (χ2v) is 7.11. The largest absolute Gasteiger partial charge is 0.481 e. The van der Waals surface area contributed by atoms with Gasteiger partial charge in [-0.2, -0.15) is 0 Å². The van der Waals surface area contributed by atoms with Crippen molar-refractivity contribution in [3.05, 3.63) is 10.4 Å². The molecular weight excluding hydrogens is 314 g/mol. The molecule has 146 valence electrons. The summed E-state index contributed by atoms with van der Waals surface area (Å²) in [6, 6.07) is 0. The molecule has 0 aromatic carbocycles. The topological polar surface area (TPSA) is 86.1 Å². The molecule has 5 heteroatoms. The molecule has 0 amide bonds. The smallest absolute Gasteiger partial charge is 0.303 e. The van der Waals surface area contributed by atoms with E-state index in [0.717, 1.165) is 19.3 Å². The summed E-state index contributed by atoms with van der Waals surface area (Å²) < 4.78 is 0. The first-order chi connectivity index (χ1) is 12.3. The van der Waals surface area contributed by atoms with Gasteiger partial charge in [-0.15, -0.1) is 0 Å². The second kappa shape index (κ2) is 20.8. The second-order valence-electron chi connectivity index (χ2n) is 7.11. The van der Waals surface area contributed by atoms with Gasteiger partial charge in [-0.3, -0.25) is 4.79 Å². The Hall–Kier alpha value is -1.22. The van der Waals surface area contributed by atoms with Gasteiger partial charge in [0.25, 0.3) is 0 Å². The number of carboxylic acids is 1. The van der Waals surface area contributed by atoms with E-state index >= 15 is 0 Å². The van der Waals surface area contributed by atoms with Gasteiger partial charge in [-0.1, -0.05) is 101 Å². The lowest BCUT2D eigenvalue weighted by Crippen LogP contribution is -1.93. The van der Waals surface area contributed by atoms with Crippen molar-refractivity contribution in [2.75, 3.05) is 6.54 Å². The molecule has 0 aromatic heterocycles. The third kappa shape index (κ3) is 22.8. The minimum Gasteiger partial charge on any atom is -0.481 e. The fourth-order valence-electron chi connectivity index (χ4n) is 3.16. The molecule has 0 aliphatic heterocycles. The van der Waals surface area contributed by atoms with Crippen molar-refractivity contribution < 1.29 is 9.90 Å². The van der Waals surface area contributed by atoms with Gasteiger partial charge >= 0.3 is 5.97 Å². The Balaban J connectivity index is 3.00. The Morgan fingerprint density at radius 2 is 0.960 bits per heavy atom. The van der Waals surface area contributed by atoms with Crippen molar-refractivity contribution in [2.45, 2.75) is 116 Å². The molecule has 0 aromatic rings. The molecule has 0 spiro atoms. The summed E-state index contributed by atoms with van der Waals surface area (Å²) >= 11 is 0. The highest BCUT2D eigenvalue weighted by Gasteiger charge is 1.97. The first kappa shape index (κ1) is 23.8. The average molecular weight is 354 g/mol. The number of hydrogen-bond donors (Lipinski definition) is 1. The number of carboxylic acid groups (broad SMARTS) is 1. The van der Waals surface area contributed by atoms with Crippen LogP contribution in [0.1, 0.15) is 116 Å². The van der Waals surface area contributed by atoms with Crippen LogP contribution in [0.15, 0.2) is 5.11 Å². The number of hydrogen-bond acceptors (Lipinski definition) is 2. The molecule has 0 saturated heterocycles. The predicted octanol–water partition coefficient (Wildman–Crippen LogP) is 7.40. The number of azide groups is 1. The molecule has 0 saturated carbocycles. The Labute approximate surface area is 154 Å². The van der Waals surface area contributed by atoms with Crippen molar-refractivity contribution in [3.8, 4) is 0 Å². The molecule has 5 nitrogen and oxygen atoms in total. The summed E-state index contributed by atoms with van der Waals surface area (Å²) in [6.07, 6.45) is 21.8. The zero-order chi connectivity index (χ0) is 18.4. The lowest BCUT2D eigenvalue weighted by atomic mass is 10.0. The van der Waals surface area contributed by atoms with E-state index in [2.05, 4.69) is 10.0 Å². The fraction of sp³-hybridized carbons (Fsp3) is 0.950. The summed E-state index contributed by atoms with van der Waals surface area (Å²) in [5, 5.41) is 12.1. The van der Waals surface area contributed by atoms with E-state index in [-0.39, 0.29) is 0 Å². The summed E-state index contributed by atoms with van der Waals surface area (Å²) in [5.41, 5.74) is 8.17. The van der Waals surface area contributed by atoms with Crippen molar-refractivity contribution in [3.63, 3.8) is 0 Å². The van der Waals surface area contributed by atoms with Crippen LogP contribution < -0.4 is 0 Å². The molecular formula is C20H39N3O2. The molecule has 25 heavy (non-hydrogen) atoms. The lowest BCUT2D eigenvalue weighted by Gasteiger charge is -2.03. The van der Waals surface area contributed by atoms with Gasteiger partial charge in [0.1, 0.15) is 0 Å². The summed E-state index contributed by atoms with van der Waals surface area (Å²) in [6.45, 7) is 0.654. The van der Waals surface area contributed by atoms with Crippen molar-refractivity contribution in [1.82, 2.24) is 0 Å². The minimum atomic E-state index is -0.665. The number of aliphatic carboxylic acids is 1. The van der Waals surface area contributed by atoms with Crippen LogP contribution in [0.4, 0.5) is 0 Å². The zero-order valence-electron chi connectivity index (χ0n) is 16.1. The summed E-state index contributed by atoms with van der Waals surface area (Å²) in [4.78, 5) is 13.1. The average Bonchev–Trinajstić information content (AvgIpc) is 2.60. The molecule has 0 fully saturated rings. The van der Waals surface area contributed by atoms with Gasteiger partial charge in [0, 0.05) is 17.9 Å². The first-order valence-electron chi connectivity index (χ1n) is 10.5. The maximum absolute atomic E-state index is 10.4. The maximum Gasteiger partial charge on any atom is 0.303 e. The van der Waals surface area contributed by atoms with Gasteiger partial charge in [0.15, 0.2) is 0 Å². The Morgan fingerprint density at radius 3 is 1.28 bits per heavy atom. The van der Waals surface area contributed by atoms with Crippen molar-refractivity contribution in [1.29, 1.82) is 0 Å². The normalized spacial score (nSPS) is 10.6. The lowest BCUT2D eigenvalue weighted by molar-refractivity contribution is -0.137. The van der Waals surface area contributed by atoms with Gasteiger partial charge in [0.05, 0.1) is 0 Å². The predicted molar refractivity (Wildman–Crippen MR) is 105 cm³/mol. The van der Waals surface area contributed by atoms with Crippen molar-refractivity contribution >= 4 is 5.97 Å². The van der Waals surface area contributed by atoms with E-state index in [9.17, 15) is 4.79 Å². The fourth-order valence-corrected chi connectivity index (χ4v) is 3.16. The monoisotopic (exact) mass is 353 g/mol. The van der Waals surface area contributed by atoms with E-state index in [0.29, 0.717) is 13.0 Å². The van der Waals surface area contributed by atoms with E-state index in [1.807, 2.05) is 0 Å². The van der Waals surface area contributed by atoms with Crippen LogP contribution in [0.5, 0.6) is 0 Å². The van der Waals surface area contributed by atoms with Gasteiger partial charge in [-0.05, 0) is 18.4 Å². The van der Waals surface area contributed by atoms with Crippen LogP contribution in [0.2, 0.25) is 0 Å². The summed E-state index contributed by atoms with van der Waals surface area (Å²) in [7, 11) is 0. The van der Waals surface area contributed by atoms with Gasteiger partial charge in [-0.25, -0.2) is 0 Å². The first-order valence-corrected chi connectivity index (χ1v) is 10.5. The maximum atomic E-state index is 10.4. The van der Waals surface area contributed by atoms with Crippen LogP contribution in [0.3, 0.4) is 0 Å². The van der Waals surface area contributed by atoms with E-state index in [1.54, 1.807) is 0 Å². The molecule has 0 bridgehead atoms. The van der Waals surface area contributed by atoms with Crippen LogP contribution >= 0.6 is 0 Å². The SMILES string of the molecule is [N-]=[N+]=NCCCCCCCCCCCCCCCCCCCC(=O)O. The highest BCUT2D eigenvalue weighted by atomic mass is 16.4. The molecule has 1 N–H and O–H groups in total. The van der Waals surface area contributed by atoms with Crippen LogP contribution in [0, 0.1) is 0 Å². The molecule has 0 unspecified atom stereocenters.